The molecule has 0 amide bonds. The summed E-state index contributed by atoms with van der Waals surface area (Å²) in [5, 5.41) is 13.0. The number of nitrogens with two attached hydrogens (primary N) is 1. The van der Waals surface area contributed by atoms with Crippen LogP contribution in [-0.4, -0.2) is 20.9 Å². The Hall–Kier alpha value is -1.52. The first-order valence-corrected chi connectivity index (χ1v) is 4.60. The van der Waals surface area contributed by atoms with E-state index in [0.717, 1.165) is 12.1 Å². The molecule has 0 aliphatic rings. The average Bonchev–Trinajstić information content (AvgIpc) is 2.40. The van der Waals surface area contributed by atoms with Gasteiger partial charge in [0.05, 0.1) is 0 Å². The van der Waals surface area contributed by atoms with E-state index >= 15 is 0 Å². The Morgan fingerprint density at radius 3 is 2.79 bits per heavy atom. The fourth-order valence-corrected chi connectivity index (χ4v) is 1.45. The zero-order valence-corrected chi connectivity index (χ0v) is 8.40. The summed E-state index contributed by atoms with van der Waals surface area (Å²) in [5.74, 6) is -0.497. The number of carboxylic acid groups (broad SMARTS) is 1. The standard InChI is InChI=1S/C9H15N3O2/c1-3-4-7(9(13)14)12-6(2)5-8(10)11-12/h5,7H,3-4H2,1-2H3,(H2,10,11)(H,13,14). The Kier molecular flexibility index (Phi) is 3.11. The van der Waals surface area contributed by atoms with Crippen LogP contribution in [0.2, 0.25) is 0 Å². The lowest BCUT2D eigenvalue weighted by Gasteiger charge is -2.13. The molecule has 1 heterocycles. The highest BCUT2D eigenvalue weighted by Crippen LogP contribution is 2.17. The molecule has 14 heavy (non-hydrogen) atoms. The van der Waals surface area contributed by atoms with Gasteiger partial charge in [0.2, 0.25) is 0 Å². The van der Waals surface area contributed by atoms with Crippen molar-refractivity contribution >= 4 is 11.8 Å². The van der Waals surface area contributed by atoms with E-state index in [1.807, 2.05) is 6.92 Å². The number of aliphatic carboxylic acids is 1. The molecule has 1 rings (SSSR count). The van der Waals surface area contributed by atoms with Crippen LogP contribution >= 0.6 is 0 Å². The Morgan fingerprint density at radius 2 is 2.43 bits per heavy atom. The summed E-state index contributed by atoms with van der Waals surface area (Å²) < 4.78 is 1.47. The Bertz CT molecular complexity index is 333. The molecule has 1 atom stereocenters. The molecule has 0 aromatic carbocycles. The number of nitrogen functional groups attached to an aromatic ring is 1. The van der Waals surface area contributed by atoms with Crippen LogP contribution < -0.4 is 5.73 Å². The zero-order chi connectivity index (χ0) is 10.7. The molecule has 0 saturated carbocycles. The molecule has 1 aromatic rings. The molecular formula is C9H15N3O2. The molecule has 1 aromatic heterocycles. The smallest absolute Gasteiger partial charge is 0.328 e. The number of hydrogen-bond acceptors (Lipinski definition) is 3. The van der Waals surface area contributed by atoms with E-state index in [1.165, 1.54) is 4.68 Å². The third-order valence-electron chi connectivity index (χ3n) is 2.08. The maximum Gasteiger partial charge on any atom is 0.328 e. The number of anilines is 1. The van der Waals surface area contributed by atoms with E-state index in [0.29, 0.717) is 12.2 Å². The Labute approximate surface area is 82.5 Å². The van der Waals surface area contributed by atoms with E-state index in [4.69, 9.17) is 10.8 Å². The summed E-state index contributed by atoms with van der Waals surface area (Å²) in [7, 11) is 0. The molecule has 1 unspecified atom stereocenters. The monoisotopic (exact) mass is 197 g/mol. The number of hydrogen-bond donors (Lipinski definition) is 2. The summed E-state index contributed by atoms with van der Waals surface area (Å²) >= 11 is 0. The number of aromatic nitrogens is 2. The number of nitrogens with zero attached hydrogens (tertiary/aromatic N) is 2. The summed E-state index contributed by atoms with van der Waals surface area (Å²) in [6, 6.07) is 1.07. The van der Waals surface area contributed by atoms with E-state index in [9.17, 15) is 4.79 Å². The van der Waals surface area contributed by atoms with Gasteiger partial charge in [0.25, 0.3) is 0 Å². The summed E-state index contributed by atoms with van der Waals surface area (Å²) in [6.07, 6.45) is 1.37. The highest BCUT2D eigenvalue weighted by molar-refractivity contribution is 5.71. The SMILES string of the molecule is CCCC(C(=O)O)n1nc(N)cc1C. The van der Waals surface area contributed by atoms with Gasteiger partial charge in [-0.2, -0.15) is 5.10 Å². The highest BCUT2D eigenvalue weighted by Gasteiger charge is 2.20. The van der Waals surface area contributed by atoms with Gasteiger partial charge < -0.3 is 10.8 Å². The van der Waals surface area contributed by atoms with Crippen LogP contribution in [0.15, 0.2) is 6.07 Å². The number of rotatable bonds is 4. The van der Waals surface area contributed by atoms with Crippen LogP contribution in [0.25, 0.3) is 0 Å². The van der Waals surface area contributed by atoms with Gasteiger partial charge in [-0.25, -0.2) is 4.79 Å². The molecule has 5 heteroatoms. The summed E-state index contributed by atoms with van der Waals surface area (Å²) in [6.45, 7) is 3.74. The number of carbonyl (C=O) groups is 1. The van der Waals surface area contributed by atoms with Crippen LogP contribution in [0.3, 0.4) is 0 Å². The van der Waals surface area contributed by atoms with E-state index < -0.39 is 12.0 Å². The van der Waals surface area contributed by atoms with E-state index in [-0.39, 0.29) is 0 Å². The van der Waals surface area contributed by atoms with Crippen LogP contribution in [0.4, 0.5) is 5.82 Å². The van der Waals surface area contributed by atoms with Gasteiger partial charge in [-0.3, -0.25) is 4.68 Å². The van der Waals surface area contributed by atoms with Crippen LogP contribution in [-0.2, 0) is 4.79 Å². The molecule has 0 bridgehead atoms. The molecule has 0 aliphatic carbocycles. The normalized spacial score (nSPS) is 12.7. The van der Waals surface area contributed by atoms with Crippen LogP contribution in [0.5, 0.6) is 0 Å². The largest absolute Gasteiger partial charge is 0.480 e. The van der Waals surface area contributed by atoms with Gasteiger partial charge in [-0.1, -0.05) is 13.3 Å². The van der Waals surface area contributed by atoms with Crippen molar-refractivity contribution in [3.63, 3.8) is 0 Å². The van der Waals surface area contributed by atoms with Gasteiger partial charge in [0.1, 0.15) is 11.9 Å². The molecule has 3 N–H and O–H groups in total. The minimum Gasteiger partial charge on any atom is -0.480 e. The Balaban J connectivity index is 2.98. The van der Waals surface area contributed by atoms with Crippen molar-refractivity contribution in [2.24, 2.45) is 0 Å². The molecule has 0 aliphatic heterocycles. The summed E-state index contributed by atoms with van der Waals surface area (Å²) in [4.78, 5) is 10.9. The minimum atomic E-state index is -0.863. The minimum absolute atomic E-state index is 0.366. The molecule has 0 spiro atoms. The van der Waals surface area contributed by atoms with Crippen molar-refractivity contribution in [3.05, 3.63) is 11.8 Å². The fourth-order valence-electron chi connectivity index (χ4n) is 1.45. The fraction of sp³-hybridized carbons (Fsp3) is 0.556. The van der Waals surface area contributed by atoms with Crippen molar-refractivity contribution < 1.29 is 9.90 Å². The van der Waals surface area contributed by atoms with Crippen molar-refractivity contribution in [3.8, 4) is 0 Å². The van der Waals surface area contributed by atoms with Gasteiger partial charge in [-0.05, 0) is 13.3 Å². The molecule has 5 nitrogen and oxygen atoms in total. The number of carboxylic acids is 1. The molecule has 78 valence electrons. The maximum atomic E-state index is 10.9. The quantitative estimate of drug-likeness (QED) is 0.759. The lowest BCUT2D eigenvalue weighted by molar-refractivity contribution is -0.141. The topological polar surface area (TPSA) is 81.1 Å². The first-order chi connectivity index (χ1) is 6.56. The van der Waals surface area contributed by atoms with Crippen molar-refractivity contribution in [2.45, 2.75) is 32.7 Å². The van der Waals surface area contributed by atoms with Gasteiger partial charge in [-0.15, -0.1) is 0 Å². The Morgan fingerprint density at radius 1 is 1.79 bits per heavy atom. The predicted octanol–water partition coefficient (Wildman–Crippen LogP) is 1.20. The van der Waals surface area contributed by atoms with Crippen molar-refractivity contribution in [1.29, 1.82) is 0 Å². The second-order valence-corrected chi connectivity index (χ2v) is 3.30. The highest BCUT2D eigenvalue weighted by atomic mass is 16.4. The second-order valence-electron chi connectivity index (χ2n) is 3.30. The number of aryl methyl sites for hydroxylation is 1. The molecule has 0 saturated heterocycles. The van der Waals surface area contributed by atoms with Crippen molar-refractivity contribution in [2.75, 3.05) is 5.73 Å². The third-order valence-corrected chi connectivity index (χ3v) is 2.08. The summed E-state index contributed by atoms with van der Waals surface area (Å²) in [5.41, 5.74) is 6.27. The van der Waals surface area contributed by atoms with Crippen molar-refractivity contribution in [1.82, 2.24) is 9.78 Å². The van der Waals surface area contributed by atoms with E-state index in [1.54, 1.807) is 13.0 Å². The second kappa shape index (κ2) is 4.13. The van der Waals surface area contributed by atoms with E-state index in [2.05, 4.69) is 5.10 Å². The zero-order valence-electron chi connectivity index (χ0n) is 8.40. The first-order valence-electron chi connectivity index (χ1n) is 4.60. The molecule has 0 radical (unpaired) electrons. The van der Waals surface area contributed by atoms with Gasteiger partial charge in [0, 0.05) is 11.8 Å². The molecule has 0 fully saturated rings. The average molecular weight is 197 g/mol. The van der Waals surface area contributed by atoms with Gasteiger partial charge in [0.15, 0.2) is 0 Å². The lowest BCUT2D eigenvalue weighted by atomic mass is 10.2. The maximum absolute atomic E-state index is 10.9. The molecular weight excluding hydrogens is 182 g/mol. The van der Waals surface area contributed by atoms with Gasteiger partial charge >= 0.3 is 5.97 Å². The van der Waals surface area contributed by atoms with Crippen LogP contribution in [0, 0.1) is 6.92 Å². The first kappa shape index (κ1) is 10.6. The predicted molar refractivity (Wildman–Crippen MR) is 53.0 cm³/mol. The third kappa shape index (κ3) is 2.04. The van der Waals surface area contributed by atoms with Crippen LogP contribution in [0.1, 0.15) is 31.5 Å². The lowest BCUT2D eigenvalue weighted by Crippen LogP contribution is -2.21.